The van der Waals surface area contributed by atoms with Gasteiger partial charge in [-0.25, -0.2) is 4.98 Å². The number of pyridine rings is 1. The van der Waals surface area contributed by atoms with E-state index < -0.39 is 0 Å². The Labute approximate surface area is 147 Å². The number of anilines is 3. The molecule has 0 aliphatic heterocycles. The molecule has 1 aliphatic carbocycles. The molecule has 1 aliphatic rings. The Morgan fingerprint density at radius 2 is 1.64 bits per heavy atom. The van der Waals surface area contributed by atoms with E-state index in [-0.39, 0.29) is 17.6 Å². The first-order valence-electron chi connectivity index (χ1n) is 8.77. The van der Waals surface area contributed by atoms with Crippen LogP contribution in [0.3, 0.4) is 0 Å². The number of nitrogens with one attached hydrogen (secondary N) is 2. The number of aromatic nitrogens is 1. The van der Waals surface area contributed by atoms with Crippen molar-refractivity contribution in [2.24, 2.45) is 5.92 Å². The lowest BCUT2D eigenvalue weighted by Crippen LogP contribution is -2.25. The summed E-state index contributed by atoms with van der Waals surface area (Å²) in [6.07, 6.45) is 7.14. The SMILES string of the molecule is CC(=O)c1ccc(Nc2ccc(NC(=O)C3CCCCC3)nc2)cc1. The van der Waals surface area contributed by atoms with Crippen LogP contribution in [0.1, 0.15) is 49.4 Å². The highest BCUT2D eigenvalue weighted by Crippen LogP contribution is 2.25. The molecule has 1 heterocycles. The maximum atomic E-state index is 12.2. The number of Topliss-reactive ketones (excluding diaryl/α,β-unsaturated/α-hetero) is 1. The number of carbonyl (C=O) groups is 2. The van der Waals surface area contributed by atoms with Gasteiger partial charge in [-0.2, -0.15) is 0 Å². The van der Waals surface area contributed by atoms with E-state index in [1.54, 1.807) is 31.3 Å². The summed E-state index contributed by atoms with van der Waals surface area (Å²) in [5.74, 6) is 0.820. The second-order valence-electron chi connectivity index (χ2n) is 6.51. The van der Waals surface area contributed by atoms with Gasteiger partial charge < -0.3 is 10.6 Å². The first kappa shape index (κ1) is 17.1. The van der Waals surface area contributed by atoms with Crippen molar-refractivity contribution in [3.05, 3.63) is 48.2 Å². The van der Waals surface area contributed by atoms with Crippen molar-refractivity contribution in [3.63, 3.8) is 0 Å². The van der Waals surface area contributed by atoms with Crippen molar-refractivity contribution in [1.82, 2.24) is 4.98 Å². The van der Waals surface area contributed by atoms with Crippen LogP contribution in [0.2, 0.25) is 0 Å². The van der Waals surface area contributed by atoms with Crippen molar-refractivity contribution in [2.75, 3.05) is 10.6 Å². The Kier molecular flexibility index (Phi) is 5.43. The number of hydrogen-bond acceptors (Lipinski definition) is 4. The van der Waals surface area contributed by atoms with Gasteiger partial charge >= 0.3 is 0 Å². The third-order valence-corrected chi connectivity index (χ3v) is 4.57. The van der Waals surface area contributed by atoms with E-state index in [9.17, 15) is 9.59 Å². The van der Waals surface area contributed by atoms with E-state index in [1.807, 2.05) is 18.2 Å². The molecule has 0 spiro atoms. The normalized spacial score (nSPS) is 14.8. The summed E-state index contributed by atoms with van der Waals surface area (Å²) in [5, 5.41) is 6.13. The summed E-state index contributed by atoms with van der Waals surface area (Å²) in [6.45, 7) is 1.55. The van der Waals surface area contributed by atoms with Crippen molar-refractivity contribution >= 4 is 28.9 Å². The van der Waals surface area contributed by atoms with Gasteiger partial charge in [0.2, 0.25) is 5.91 Å². The zero-order chi connectivity index (χ0) is 17.6. The van der Waals surface area contributed by atoms with E-state index in [2.05, 4.69) is 15.6 Å². The van der Waals surface area contributed by atoms with Gasteiger partial charge in [0.15, 0.2) is 5.78 Å². The summed E-state index contributed by atoms with van der Waals surface area (Å²) >= 11 is 0. The van der Waals surface area contributed by atoms with Crippen molar-refractivity contribution in [2.45, 2.75) is 39.0 Å². The molecule has 5 nitrogen and oxygen atoms in total. The van der Waals surface area contributed by atoms with E-state index in [1.165, 1.54) is 6.42 Å². The Hall–Kier alpha value is -2.69. The first-order valence-corrected chi connectivity index (χ1v) is 8.77. The highest BCUT2D eigenvalue weighted by atomic mass is 16.2. The van der Waals surface area contributed by atoms with Crippen LogP contribution in [0, 0.1) is 5.92 Å². The zero-order valence-electron chi connectivity index (χ0n) is 14.4. The number of hydrogen-bond donors (Lipinski definition) is 2. The molecule has 1 fully saturated rings. The van der Waals surface area contributed by atoms with Crippen LogP contribution in [0.25, 0.3) is 0 Å². The highest BCUT2D eigenvalue weighted by Gasteiger charge is 2.21. The van der Waals surface area contributed by atoms with Gasteiger partial charge in [0.05, 0.1) is 11.9 Å². The van der Waals surface area contributed by atoms with E-state index in [0.717, 1.165) is 37.1 Å². The van der Waals surface area contributed by atoms with Crippen LogP contribution in [0.5, 0.6) is 0 Å². The van der Waals surface area contributed by atoms with Gasteiger partial charge in [-0.3, -0.25) is 9.59 Å². The second-order valence-corrected chi connectivity index (χ2v) is 6.51. The molecule has 130 valence electrons. The molecule has 0 bridgehead atoms. The lowest BCUT2D eigenvalue weighted by Gasteiger charge is -2.20. The minimum absolute atomic E-state index is 0.0475. The van der Waals surface area contributed by atoms with Gasteiger partial charge in [-0.1, -0.05) is 19.3 Å². The Balaban J connectivity index is 1.58. The monoisotopic (exact) mass is 337 g/mol. The maximum absolute atomic E-state index is 12.2. The zero-order valence-corrected chi connectivity index (χ0v) is 14.4. The fraction of sp³-hybridized carbons (Fsp3) is 0.350. The van der Waals surface area contributed by atoms with Crippen LogP contribution in [-0.4, -0.2) is 16.7 Å². The lowest BCUT2D eigenvalue weighted by atomic mass is 9.89. The molecule has 1 aromatic carbocycles. The standard InChI is InChI=1S/C20H23N3O2/c1-14(24)15-7-9-17(10-8-15)22-18-11-12-19(21-13-18)23-20(25)16-5-3-2-4-6-16/h7-13,16,22H,2-6H2,1H3,(H,21,23,25). The predicted octanol–water partition coefficient (Wildman–Crippen LogP) is 4.55. The molecular weight excluding hydrogens is 314 g/mol. The summed E-state index contributed by atoms with van der Waals surface area (Å²) in [5.41, 5.74) is 2.39. The van der Waals surface area contributed by atoms with Gasteiger partial charge in [0, 0.05) is 17.2 Å². The molecule has 0 atom stereocenters. The smallest absolute Gasteiger partial charge is 0.228 e. The molecule has 5 heteroatoms. The fourth-order valence-corrected chi connectivity index (χ4v) is 3.09. The summed E-state index contributed by atoms with van der Waals surface area (Å²) in [6, 6.07) is 11.0. The van der Waals surface area contributed by atoms with E-state index in [4.69, 9.17) is 0 Å². The van der Waals surface area contributed by atoms with Crippen molar-refractivity contribution in [3.8, 4) is 0 Å². The molecular formula is C20H23N3O2. The molecule has 2 N–H and O–H groups in total. The van der Waals surface area contributed by atoms with Crippen LogP contribution < -0.4 is 10.6 Å². The molecule has 2 aromatic rings. The minimum Gasteiger partial charge on any atom is -0.354 e. The molecule has 1 saturated carbocycles. The number of nitrogens with zero attached hydrogens (tertiary/aromatic N) is 1. The molecule has 1 aromatic heterocycles. The molecule has 3 rings (SSSR count). The number of rotatable bonds is 5. The largest absolute Gasteiger partial charge is 0.354 e. The highest BCUT2D eigenvalue weighted by molar-refractivity contribution is 5.94. The minimum atomic E-state index is 0.0475. The molecule has 0 radical (unpaired) electrons. The average molecular weight is 337 g/mol. The predicted molar refractivity (Wildman–Crippen MR) is 99.2 cm³/mol. The van der Waals surface area contributed by atoms with Gasteiger partial charge in [-0.05, 0) is 56.2 Å². The van der Waals surface area contributed by atoms with Crippen LogP contribution >= 0.6 is 0 Å². The first-order chi connectivity index (χ1) is 12.1. The van der Waals surface area contributed by atoms with Crippen molar-refractivity contribution in [1.29, 1.82) is 0 Å². The summed E-state index contributed by atoms with van der Waals surface area (Å²) in [4.78, 5) is 27.8. The average Bonchev–Trinajstić information content (AvgIpc) is 2.64. The Morgan fingerprint density at radius 3 is 2.24 bits per heavy atom. The third-order valence-electron chi connectivity index (χ3n) is 4.57. The van der Waals surface area contributed by atoms with Crippen LogP contribution in [0.15, 0.2) is 42.6 Å². The number of ketones is 1. The van der Waals surface area contributed by atoms with Gasteiger partial charge in [0.1, 0.15) is 5.82 Å². The number of benzene rings is 1. The lowest BCUT2D eigenvalue weighted by molar-refractivity contribution is -0.120. The molecule has 0 saturated heterocycles. The molecule has 1 amide bonds. The van der Waals surface area contributed by atoms with Gasteiger partial charge in [0.25, 0.3) is 0 Å². The molecule has 0 unspecified atom stereocenters. The Bertz CT molecular complexity index is 733. The molecule has 25 heavy (non-hydrogen) atoms. The summed E-state index contributed by atoms with van der Waals surface area (Å²) < 4.78 is 0. The van der Waals surface area contributed by atoms with Crippen LogP contribution in [0.4, 0.5) is 17.2 Å². The summed E-state index contributed by atoms with van der Waals surface area (Å²) in [7, 11) is 0. The fourth-order valence-electron chi connectivity index (χ4n) is 3.09. The van der Waals surface area contributed by atoms with Gasteiger partial charge in [-0.15, -0.1) is 0 Å². The Morgan fingerprint density at radius 1 is 0.960 bits per heavy atom. The topological polar surface area (TPSA) is 71.1 Å². The van der Waals surface area contributed by atoms with Crippen molar-refractivity contribution < 1.29 is 9.59 Å². The van der Waals surface area contributed by atoms with E-state index >= 15 is 0 Å². The van der Waals surface area contributed by atoms with E-state index in [0.29, 0.717) is 11.4 Å². The quantitative estimate of drug-likeness (QED) is 0.785. The third kappa shape index (κ3) is 4.66. The second kappa shape index (κ2) is 7.92. The maximum Gasteiger partial charge on any atom is 0.228 e. The van der Waals surface area contributed by atoms with Crippen LogP contribution in [-0.2, 0) is 4.79 Å². The number of carbonyl (C=O) groups excluding carboxylic acids is 2. The number of amides is 1.